The van der Waals surface area contributed by atoms with Crippen molar-refractivity contribution >= 4 is 27.5 Å². The van der Waals surface area contributed by atoms with Crippen LogP contribution in [-0.4, -0.2) is 25.2 Å². The smallest absolute Gasteiger partial charge is 0.243 e. The number of nitrogens with one attached hydrogen (secondary N) is 1. The molecule has 0 radical (unpaired) electrons. The van der Waals surface area contributed by atoms with Gasteiger partial charge in [-0.25, -0.2) is 17.2 Å². The van der Waals surface area contributed by atoms with Crippen molar-refractivity contribution in [2.24, 2.45) is 0 Å². The molecule has 33 heavy (non-hydrogen) atoms. The molecule has 3 aromatic carbocycles. The van der Waals surface area contributed by atoms with Crippen LogP contribution in [0.3, 0.4) is 0 Å². The molecule has 1 N–H and O–H groups in total. The van der Waals surface area contributed by atoms with E-state index in [1.165, 1.54) is 54.6 Å². The Morgan fingerprint density at radius 3 is 2.27 bits per heavy atom. The van der Waals surface area contributed by atoms with Gasteiger partial charge < -0.3 is 5.32 Å². The SMILES string of the molecule is Cc1ccc(S(=O)(=O)N(CC(=O)N[C@@H](C)c2ccc(F)cc2)Cc2c(F)cccc2Cl)cc1. The molecule has 0 spiro atoms. The molecule has 174 valence electrons. The highest BCUT2D eigenvalue weighted by Gasteiger charge is 2.29. The predicted molar refractivity (Wildman–Crippen MR) is 123 cm³/mol. The average Bonchev–Trinajstić information content (AvgIpc) is 2.76. The van der Waals surface area contributed by atoms with Crippen molar-refractivity contribution in [1.29, 1.82) is 0 Å². The van der Waals surface area contributed by atoms with Crippen LogP contribution in [-0.2, 0) is 21.4 Å². The van der Waals surface area contributed by atoms with Crippen molar-refractivity contribution < 1.29 is 22.0 Å². The molecule has 1 atom stereocenters. The summed E-state index contributed by atoms with van der Waals surface area (Å²) in [5.74, 6) is -1.68. The van der Waals surface area contributed by atoms with Crippen molar-refractivity contribution in [2.45, 2.75) is 31.3 Å². The van der Waals surface area contributed by atoms with Gasteiger partial charge in [-0.15, -0.1) is 0 Å². The van der Waals surface area contributed by atoms with E-state index in [4.69, 9.17) is 11.6 Å². The third-order valence-corrected chi connectivity index (χ3v) is 7.28. The van der Waals surface area contributed by atoms with Crippen molar-refractivity contribution in [2.75, 3.05) is 6.54 Å². The second-order valence-corrected chi connectivity index (χ2v) is 9.97. The van der Waals surface area contributed by atoms with E-state index in [-0.39, 0.29) is 15.5 Å². The molecule has 0 aliphatic heterocycles. The first-order valence-corrected chi connectivity index (χ1v) is 11.9. The van der Waals surface area contributed by atoms with Crippen molar-refractivity contribution in [1.82, 2.24) is 9.62 Å². The van der Waals surface area contributed by atoms with E-state index >= 15 is 0 Å². The second kappa shape index (κ2) is 10.4. The van der Waals surface area contributed by atoms with E-state index in [0.29, 0.717) is 5.56 Å². The van der Waals surface area contributed by atoms with Crippen LogP contribution < -0.4 is 5.32 Å². The minimum absolute atomic E-state index is 0.0278. The predicted octanol–water partition coefficient (Wildman–Crippen LogP) is 4.99. The Morgan fingerprint density at radius 2 is 1.67 bits per heavy atom. The van der Waals surface area contributed by atoms with Crippen LogP contribution in [0.5, 0.6) is 0 Å². The number of aryl methyl sites for hydroxylation is 1. The topological polar surface area (TPSA) is 66.5 Å². The number of halogens is 3. The molecule has 0 heterocycles. The monoisotopic (exact) mass is 492 g/mol. The quantitative estimate of drug-likeness (QED) is 0.481. The minimum atomic E-state index is -4.15. The summed E-state index contributed by atoms with van der Waals surface area (Å²) in [6.07, 6.45) is 0. The maximum absolute atomic E-state index is 14.4. The molecule has 0 bridgehead atoms. The van der Waals surface area contributed by atoms with Crippen LogP contribution in [0.1, 0.15) is 29.7 Å². The van der Waals surface area contributed by atoms with E-state index in [1.54, 1.807) is 19.1 Å². The number of nitrogens with zero attached hydrogens (tertiary/aromatic N) is 1. The third kappa shape index (κ3) is 6.16. The van der Waals surface area contributed by atoms with Gasteiger partial charge in [-0.05, 0) is 55.8 Å². The van der Waals surface area contributed by atoms with Gasteiger partial charge in [0.05, 0.1) is 17.5 Å². The Labute approximate surface area is 197 Å². The number of amides is 1. The summed E-state index contributed by atoms with van der Waals surface area (Å²) in [5.41, 5.74) is 1.48. The lowest BCUT2D eigenvalue weighted by atomic mass is 10.1. The number of hydrogen-bond acceptors (Lipinski definition) is 3. The minimum Gasteiger partial charge on any atom is -0.348 e. The Bertz CT molecular complexity index is 1210. The van der Waals surface area contributed by atoms with Crippen molar-refractivity contribution in [3.05, 3.63) is 100 Å². The van der Waals surface area contributed by atoms with Crippen molar-refractivity contribution in [3.63, 3.8) is 0 Å². The standard InChI is InChI=1S/C24H23ClF2N2O3S/c1-16-6-12-20(13-7-16)33(31,32)29(14-21-22(25)4-3-5-23(21)27)15-24(30)28-17(2)18-8-10-19(26)11-9-18/h3-13,17H,14-15H2,1-2H3,(H,28,30)/t17-/m0/s1. The first kappa shape index (κ1) is 24.8. The molecule has 0 aromatic heterocycles. The van der Waals surface area contributed by atoms with Gasteiger partial charge >= 0.3 is 0 Å². The zero-order valence-corrected chi connectivity index (χ0v) is 19.6. The molecule has 0 unspecified atom stereocenters. The highest BCUT2D eigenvalue weighted by Crippen LogP contribution is 2.25. The molecule has 9 heteroatoms. The largest absolute Gasteiger partial charge is 0.348 e. The van der Waals surface area contributed by atoms with Crippen LogP contribution in [0.25, 0.3) is 0 Å². The molecule has 5 nitrogen and oxygen atoms in total. The number of hydrogen-bond donors (Lipinski definition) is 1. The molecule has 0 aliphatic rings. The fourth-order valence-electron chi connectivity index (χ4n) is 3.23. The highest BCUT2D eigenvalue weighted by atomic mass is 35.5. The fraction of sp³-hybridized carbons (Fsp3) is 0.208. The highest BCUT2D eigenvalue weighted by molar-refractivity contribution is 7.89. The number of rotatable bonds is 8. The average molecular weight is 493 g/mol. The van der Waals surface area contributed by atoms with Crippen LogP contribution >= 0.6 is 11.6 Å². The van der Waals surface area contributed by atoms with Gasteiger partial charge in [0.15, 0.2) is 0 Å². The van der Waals surface area contributed by atoms with Crippen LogP contribution in [0.15, 0.2) is 71.6 Å². The third-order valence-electron chi connectivity index (χ3n) is 5.12. The number of carbonyl (C=O) groups excluding carboxylic acids is 1. The second-order valence-electron chi connectivity index (χ2n) is 7.63. The van der Waals surface area contributed by atoms with Gasteiger partial charge in [0.2, 0.25) is 15.9 Å². The zero-order valence-electron chi connectivity index (χ0n) is 18.1. The fourth-order valence-corrected chi connectivity index (χ4v) is 4.81. The van der Waals surface area contributed by atoms with Gasteiger partial charge in [0, 0.05) is 17.1 Å². The Morgan fingerprint density at radius 1 is 1.03 bits per heavy atom. The molecular weight excluding hydrogens is 470 g/mol. The Hall–Kier alpha value is -2.81. The molecule has 0 saturated heterocycles. The molecule has 3 aromatic rings. The molecule has 0 fully saturated rings. The zero-order chi connectivity index (χ0) is 24.2. The molecule has 0 aliphatic carbocycles. The van der Waals surface area contributed by atoms with Gasteiger partial charge in [-0.1, -0.05) is 47.5 Å². The van der Waals surface area contributed by atoms with E-state index < -0.39 is 46.7 Å². The maximum atomic E-state index is 14.4. The molecular formula is C24H23ClF2N2O3S. The normalized spacial score (nSPS) is 12.5. The van der Waals surface area contributed by atoms with E-state index in [9.17, 15) is 22.0 Å². The van der Waals surface area contributed by atoms with E-state index in [1.807, 2.05) is 6.92 Å². The van der Waals surface area contributed by atoms with Gasteiger partial charge in [0.1, 0.15) is 11.6 Å². The summed E-state index contributed by atoms with van der Waals surface area (Å²) in [6.45, 7) is 2.52. The van der Waals surface area contributed by atoms with Gasteiger partial charge in [-0.3, -0.25) is 4.79 Å². The van der Waals surface area contributed by atoms with Crippen LogP contribution in [0, 0.1) is 18.6 Å². The lowest BCUT2D eigenvalue weighted by Crippen LogP contribution is -2.41. The Balaban J connectivity index is 1.88. The first-order valence-electron chi connectivity index (χ1n) is 10.1. The van der Waals surface area contributed by atoms with Crippen molar-refractivity contribution in [3.8, 4) is 0 Å². The van der Waals surface area contributed by atoms with Crippen LogP contribution in [0.2, 0.25) is 5.02 Å². The van der Waals surface area contributed by atoms with Gasteiger partial charge in [-0.2, -0.15) is 4.31 Å². The lowest BCUT2D eigenvalue weighted by Gasteiger charge is -2.24. The summed E-state index contributed by atoms with van der Waals surface area (Å²) in [4.78, 5) is 12.8. The van der Waals surface area contributed by atoms with Gasteiger partial charge in [0.25, 0.3) is 0 Å². The summed E-state index contributed by atoms with van der Waals surface area (Å²) in [6, 6.07) is 15.3. The van der Waals surface area contributed by atoms with Crippen LogP contribution in [0.4, 0.5) is 8.78 Å². The summed E-state index contributed by atoms with van der Waals surface area (Å²) >= 11 is 6.11. The molecule has 0 saturated carbocycles. The first-order chi connectivity index (χ1) is 15.6. The molecule has 3 rings (SSSR count). The Kier molecular flexibility index (Phi) is 7.84. The number of carbonyl (C=O) groups is 1. The summed E-state index contributed by atoms with van der Waals surface area (Å²) in [7, 11) is -4.15. The molecule has 1 amide bonds. The maximum Gasteiger partial charge on any atom is 0.243 e. The summed E-state index contributed by atoms with van der Waals surface area (Å²) in [5, 5.41) is 2.75. The lowest BCUT2D eigenvalue weighted by molar-refractivity contribution is -0.122. The number of benzene rings is 3. The summed E-state index contributed by atoms with van der Waals surface area (Å²) < 4.78 is 55.2. The van der Waals surface area contributed by atoms with E-state index in [0.717, 1.165) is 9.87 Å². The number of sulfonamides is 1. The van der Waals surface area contributed by atoms with E-state index in [2.05, 4.69) is 5.32 Å².